The molecule has 2 aromatic heterocycles. The molecule has 2 rings (SSSR count). The van der Waals surface area contributed by atoms with Gasteiger partial charge >= 0.3 is 0 Å². The smallest absolute Gasteiger partial charge is 0.126 e. The monoisotopic (exact) mass is 279 g/mol. The minimum absolute atomic E-state index is 0.000787. The van der Waals surface area contributed by atoms with Crippen LogP contribution in [0.1, 0.15) is 30.0 Å². The van der Waals surface area contributed by atoms with Crippen LogP contribution in [0.15, 0.2) is 34.9 Å². The summed E-state index contributed by atoms with van der Waals surface area (Å²) in [6, 6.07) is 7.95. The highest BCUT2D eigenvalue weighted by Crippen LogP contribution is 2.31. The number of hydrogen-bond acceptors (Lipinski definition) is 3. The van der Waals surface area contributed by atoms with Gasteiger partial charge in [0.05, 0.1) is 10.6 Å². The molecule has 0 aromatic carbocycles. The molecular weight excluding hydrogens is 266 g/mol. The molecule has 2 heterocycles. The molecule has 0 fully saturated rings. The van der Waals surface area contributed by atoms with Crippen LogP contribution in [-0.2, 0) is 0 Å². The molecule has 0 aliphatic carbocycles. The Bertz CT molecular complexity index is 526. The van der Waals surface area contributed by atoms with Crippen LogP contribution in [-0.4, -0.2) is 6.04 Å². The van der Waals surface area contributed by atoms with Gasteiger partial charge < -0.3 is 4.42 Å². The van der Waals surface area contributed by atoms with Crippen molar-refractivity contribution >= 4 is 22.9 Å². The maximum absolute atomic E-state index is 5.99. The van der Waals surface area contributed by atoms with Gasteiger partial charge in [-0.3, -0.25) is 5.32 Å². The molecule has 0 saturated heterocycles. The van der Waals surface area contributed by atoms with Crippen molar-refractivity contribution in [3.63, 3.8) is 0 Å². The number of halogens is 1. The van der Waals surface area contributed by atoms with Crippen molar-refractivity contribution in [2.24, 2.45) is 0 Å². The Labute approximate surface area is 116 Å². The van der Waals surface area contributed by atoms with Gasteiger partial charge in [-0.05, 0) is 31.2 Å². The van der Waals surface area contributed by atoms with Crippen LogP contribution in [0.5, 0.6) is 0 Å². The quantitative estimate of drug-likeness (QED) is 0.834. The second kappa shape index (κ2) is 6.10. The highest BCUT2D eigenvalue weighted by atomic mass is 35.5. The summed E-state index contributed by atoms with van der Waals surface area (Å²) in [6.07, 6.45) is 7.68. The lowest BCUT2D eigenvalue weighted by molar-refractivity contribution is 0.420. The molecular formula is C14H14ClNOS. The molecule has 2 atom stereocenters. The summed E-state index contributed by atoms with van der Waals surface area (Å²) in [7, 11) is 0. The Balaban J connectivity index is 2.22. The van der Waals surface area contributed by atoms with Crippen molar-refractivity contribution < 1.29 is 4.42 Å². The lowest BCUT2D eigenvalue weighted by Crippen LogP contribution is -2.30. The van der Waals surface area contributed by atoms with Gasteiger partial charge in [-0.15, -0.1) is 23.7 Å². The molecule has 0 amide bonds. The first-order valence-corrected chi connectivity index (χ1v) is 6.88. The van der Waals surface area contributed by atoms with Crippen LogP contribution in [0.4, 0.5) is 0 Å². The molecule has 18 heavy (non-hydrogen) atoms. The van der Waals surface area contributed by atoms with E-state index in [0.29, 0.717) is 6.42 Å². The molecule has 2 aromatic rings. The van der Waals surface area contributed by atoms with Crippen LogP contribution in [0.3, 0.4) is 0 Å². The molecule has 0 aliphatic rings. The van der Waals surface area contributed by atoms with E-state index in [1.165, 1.54) is 0 Å². The summed E-state index contributed by atoms with van der Waals surface area (Å²) in [5.74, 6) is 3.53. The van der Waals surface area contributed by atoms with Crippen molar-refractivity contribution in [3.8, 4) is 12.3 Å². The largest absolute Gasteiger partial charge is 0.467 e. The van der Waals surface area contributed by atoms with Gasteiger partial charge in [0, 0.05) is 17.3 Å². The first-order chi connectivity index (χ1) is 8.70. The molecule has 2 nitrogen and oxygen atoms in total. The van der Waals surface area contributed by atoms with Crippen LogP contribution in [0.25, 0.3) is 0 Å². The number of furan rings is 1. The van der Waals surface area contributed by atoms with E-state index in [4.69, 9.17) is 22.4 Å². The minimum atomic E-state index is 0.000787. The summed E-state index contributed by atoms with van der Waals surface area (Å²) in [4.78, 5) is 1.12. The first-order valence-electron chi connectivity index (χ1n) is 5.69. The Morgan fingerprint density at radius 2 is 2.33 bits per heavy atom. The number of nitrogens with one attached hydrogen (secondary N) is 1. The summed E-state index contributed by atoms with van der Waals surface area (Å²) < 4.78 is 6.26. The normalized spacial score (nSPS) is 14.1. The second-order valence-electron chi connectivity index (χ2n) is 4.07. The van der Waals surface area contributed by atoms with E-state index in [-0.39, 0.29) is 12.1 Å². The van der Waals surface area contributed by atoms with E-state index >= 15 is 0 Å². The topological polar surface area (TPSA) is 25.2 Å². The van der Waals surface area contributed by atoms with Gasteiger partial charge in [0.1, 0.15) is 11.8 Å². The molecule has 0 aliphatic heterocycles. The number of rotatable bonds is 5. The molecule has 0 radical (unpaired) electrons. The Kier molecular flexibility index (Phi) is 4.48. The Morgan fingerprint density at radius 3 is 2.89 bits per heavy atom. The van der Waals surface area contributed by atoms with Gasteiger partial charge in [-0.2, -0.15) is 0 Å². The van der Waals surface area contributed by atoms with Crippen molar-refractivity contribution in [2.75, 3.05) is 0 Å². The predicted molar refractivity (Wildman–Crippen MR) is 75.9 cm³/mol. The van der Waals surface area contributed by atoms with Crippen LogP contribution < -0.4 is 5.32 Å². The molecule has 4 heteroatoms. The third kappa shape index (κ3) is 3.17. The summed E-state index contributed by atoms with van der Waals surface area (Å²) in [5, 5.41) is 3.47. The molecule has 0 spiro atoms. The van der Waals surface area contributed by atoms with Crippen molar-refractivity contribution in [1.82, 2.24) is 5.32 Å². The SMILES string of the molecule is C#CCC(C)NC(c1ccco1)c1ccc(Cl)s1. The van der Waals surface area contributed by atoms with Crippen LogP contribution >= 0.6 is 22.9 Å². The van der Waals surface area contributed by atoms with E-state index in [9.17, 15) is 0 Å². The lowest BCUT2D eigenvalue weighted by Gasteiger charge is -2.19. The predicted octanol–water partition coefficient (Wildman–Crippen LogP) is 4.09. The van der Waals surface area contributed by atoms with Crippen LogP contribution in [0.2, 0.25) is 4.34 Å². The first kappa shape index (κ1) is 13.2. The maximum atomic E-state index is 5.99. The Hall–Kier alpha value is -1.21. The zero-order valence-corrected chi connectivity index (χ0v) is 11.6. The third-order valence-corrected chi connectivity index (χ3v) is 3.88. The molecule has 94 valence electrons. The summed E-state index contributed by atoms with van der Waals surface area (Å²) in [6.45, 7) is 2.06. The van der Waals surface area contributed by atoms with Gasteiger partial charge in [0.25, 0.3) is 0 Å². The van der Waals surface area contributed by atoms with E-state index in [0.717, 1.165) is 15.0 Å². The van der Waals surface area contributed by atoms with Gasteiger partial charge in [0.15, 0.2) is 0 Å². The Morgan fingerprint density at radius 1 is 1.50 bits per heavy atom. The summed E-state index contributed by atoms with van der Waals surface area (Å²) in [5.41, 5.74) is 0. The van der Waals surface area contributed by atoms with Gasteiger partial charge in [-0.25, -0.2) is 0 Å². The zero-order chi connectivity index (χ0) is 13.0. The highest BCUT2D eigenvalue weighted by Gasteiger charge is 2.20. The lowest BCUT2D eigenvalue weighted by atomic mass is 10.1. The maximum Gasteiger partial charge on any atom is 0.126 e. The molecule has 0 bridgehead atoms. The molecule has 1 N–H and O–H groups in total. The van der Waals surface area contributed by atoms with Crippen LogP contribution in [0, 0.1) is 12.3 Å². The fourth-order valence-corrected chi connectivity index (χ4v) is 2.89. The summed E-state index contributed by atoms with van der Waals surface area (Å²) >= 11 is 7.54. The van der Waals surface area contributed by atoms with Crippen molar-refractivity contribution in [1.29, 1.82) is 0 Å². The molecule has 2 unspecified atom stereocenters. The fraction of sp³-hybridized carbons (Fsp3) is 0.286. The standard InChI is InChI=1S/C14H14ClNOS/c1-3-5-10(2)16-14(11-6-4-9-17-11)12-7-8-13(15)18-12/h1,4,6-10,14,16H,5H2,2H3. The van der Waals surface area contributed by atoms with E-state index < -0.39 is 0 Å². The van der Waals surface area contributed by atoms with Crippen molar-refractivity contribution in [3.05, 3.63) is 45.5 Å². The average molecular weight is 280 g/mol. The van der Waals surface area contributed by atoms with Gasteiger partial charge in [0.2, 0.25) is 0 Å². The molecule has 0 saturated carbocycles. The van der Waals surface area contributed by atoms with Crippen molar-refractivity contribution in [2.45, 2.75) is 25.4 Å². The highest BCUT2D eigenvalue weighted by molar-refractivity contribution is 7.16. The van der Waals surface area contributed by atoms with E-state index in [2.05, 4.69) is 18.2 Å². The average Bonchev–Trinajstić information content (AvgIpc) is 2.97. The van der Waals surface area contributed by atoms with Gasteiger partial charge in [-0.1, -0.05) is 11.6 Å². The third-order valence-electron chi connectivity index (χ3n) is 2.58. The fourth-order valence-electron chi connectivity index (χ4n) is 1.76. The number of hydrogen-bond donors (Lipinski definition) is 1. The van der Waals surface area contributed by atoms with E-state index in [1.807, 2.05) is 24.3 Å². The number of thiophene rings is 1. The minimum Gasteiger partial charge on any atom is -0.467 e. The second-order valence-corrected chi connectivity index (χ2v) is 5.81. The zero-order valence-electron chi connectivity index (χ0n) is 10.0. The van der Waals surface area contributed by atoms with E-state index in [1.54, 1.807) is 17.6 Å². The number of terminal acetylenes is 1.